The molecule has 0 unspecified atom stereocenters. The van der Waals surface area contributed by atoms with Gasteiger partial charge in [-0.2, -0.15) is 4.31 Å². The third kappa shape index (κ3) is 4.97. The molecule has 1 atom stereocenters. The zero-order chi connectivity index (χ0) is 25.1. The van der Waals surface area contributed by atoms with Gasteiger partial charge in [0, 0.05) is 37.3 Å². The Bertz CT molecular complexity index is 1430. The molecule has 1 fully saturated rings. The van der Waals surface area contributed by atoms with Crippen LogP contribution in [0.25, 0.3) is 10.9 Å². The Labute approximate surface area is 212 Å². The number of aromatic nitrogens is 2. The monoisotopic (exact) mass is 501 g/mol. The molecular weight excluding hydrogens is 470 g/mol. The molecule has 0 saturated carbocycles. The van der Waals surface area contributed by atoms with E-state index >= 15 is 0 Å². The van der Waals surface area contributed by atoms with Gasteiger partial charge in [-0.05, 0) is 55.3 Å². The fourth-order valence-electron chi connectivity index (χ4n) is 4.58. The molecule has 2 heterocycles. The van der Waals surface area contributed by atoms with Crippen molar-refractivity contribution in [3.05, 3.63) is 90.3 Å². The highest BCUT2D eigenvalue weighted by atomic mass is 32.2. The van der Waals surface area contributed by atoms with Crippen molar-refractivity contribution < 1.29 is 8.42 Å². The minimum atomic E-state index is -3.51. The number of fused-ring (bicyclic) bond motifs is 1. The maximum absolute atomic E-state index is 13.2. The van der Waals surface area contributed by atoms with Gasteiger partial charge < -0.3 is 5.32 Å². The second-order valence-corrected chi connectivity index (χ2v) is 11.0. The highest BCUT2D eigenvalue weighted by Crippen LogP contribution is 2.28. The van der Waals surface area contributed by atoms with Crippen molar-refractivity contribution >= 4 is 32.4 Å². The summed E-state index contributed by atoms with van der Waals surface area (Å²) < 4.78 is 27.9. The summed E-state index contributed by atoms with van der Waals surface area (Å²) in [5, 5.41) is 4.40. The second kappa shape index (κ2) is 10.3. The zero-order valence-corrected chi connectivity index (χ0v) is 21.4. The Morgan fingerprint density at radius 2 is 1.53 bits per heavy atom. The molecular formula is C28H31N5O2S. The van der Waals surface area contributed by atoms with Crippen LogP contribution in [0.15, 0.2) is 83.8 Å². The van der Waals surface area contributed by atoms with Gasteiger partial charge in [0.2, 0.25) is 10.0 Å². The van der Waals surface area contributed by atoms with E-state index in [-0.39, 0.29) is 6.04 Å². The van der Waals surface area contributed by atoms with Crippen LogP contribution in [0.3, 0.4) is 0 Å². The molecule has 7 nitrogen and oxygen atoms in total. The highest BCUT2D eigenvalue weighted by Gasteiger charge is 2.31. The lowest BCUT2D eigenvalue weighted by molar-refractivity contribution is 0.141. The van der Waals surface area contributed by atoms with Crippen LogP contribution in [-0.2, 0) is 16.4 Å². The first kappa shape index (κ1) is 24.4. The van der Waals surface area contributed by atoms with E-state index in [1.807, 2.05) is 66.7 Å². The van der Waals surface area contributed by atoms with Gasteiger partial charge in [0.05, 0.1) is 16.5 Å². The number of sulfonamides is 1. The molecule has 1 aliphatic rings. The number of hydrogen-bond acceptors (Lipinski definition) is 6. The van der Waals surface area contributed by atoms with E-state index in [1.54, 1.807) is 16.4 Å². The lowest BCUT2D eigenvalue weighted by Gasteiger charge is -2.36. The van der Waals surface area contributed by atoms with Crippen LogP contribution in [0.1, 0.15) is 31.3 Å². The SMILES string of the molecule is CCc1ccc(S(=O)(=O)N2CCN([C@H](C)c3nc(Nc4ccccc4)c4ccccc4n3)CC2)cc1. The number of para-hydroxylation sites is 2. The fourth-order valence-corrected chi connectivity index (χ4v) is 6.00. The number of nitrogens with one attached hydrogen (secondary N) is 1. The molecule has 0 radical (unpaired) electrons. The zero-order valence-electron chi connectivity index (χ0n) is 20.6. The number of anilines is 2. The smallest absolute Gasteiger partial charge is 0.243 e. The summed E-state index contributed by atoms with van der Waals surface area (Å²) >= 11 is 0. The standard InChI is InChI=1S/C28H31N5O2S/c1-3-22-13-15-24(16-14-22)36(34,35)33-19-17-32(18-20-33)21(2)27-30-26-12-8-7-11-25(26)28(31-27)29-23-9-5-4-6-10-23/h4-16,21H,3,17-20H2,1-2H3,(H,29,30,31)/t21-/m1/s1. The van der Waals surface area contributed by atoms with Crippen molar-refractivity contribution in [2.45, 2.75) is 31.2 Å². The first-order valence-electron chi connectivity index (χ1n) is 12.4. The van der Waals surface area contributed by atoms with Gasteiger partial charge in [0.15, 0.2) is 0 Å². The summed E-state index contributed by atoms with van der Waals surface area (Å²) in [6.07, 6.45) is 0.885. The van der Waals surface area contributed by atoms with Gasteiger partial charge >= 0.3 is 0 Å². The number of piperazine rings is 1. The van der Waals surface area contributed by atoms with Gasteiger partial charge in [0.25, 0.3) is 0 Å². The van der Waals surface area contributed by atoms with E-state index in [4.69, 9.17) is 9.97 Å². The molecule has 1 aromatic heterocycles. The van der Waals surface area contributed by atoms with Crippen molar-refractivity contribution in [3.63, 3.8) is 0 Å². The number of hydrogen-bond donors (Lipinski definition) is 1. The van der Waals surface area contributed by atoms with Gasteiger partial charge in [-0.1, -0.05) is 49.4 Å². The molecule has 4 aromatic rings. The third-order valence-corrected chi connectivity index (χ3v) is 8.73. The minimum absolute atomic E-state index is 0.0559. The predicted octanol–water partition coefficient (Wildman–Crippen LogP) is 5.00. The van der Waals surface area contributed by atoms with Gasteiger partial charge in [0.1, 0.15) is 11.6 Å². The van der Waals surface area contributed by atoms with Gasteiger partial charge in [-0.15, -0.1) is 0 Å². The van der Waals surface area contributed by atoms with Crippen molar-refractivity contribution in [1.29, 1.82) is 0 Å². The average molecular weight is 502 g/mol. The Balaban J connectivity index is 1.34. The number of rotatable bonds is 7. The van der Waals surface area contributed by atoms with Crippen LogP contribution in [0.5, 0.6) is 0 Å². The molecule has 1 saturated heterocycles. The lowest BCUT2D eigenvalue weighted by atomic mass is 10.2. The molecule has 36 heavy (non-hydrogen) atoms. The molecule has 0 amide bonds. The lowest BCUT2D eigenvalue weighted by Crippen LogP contribution is -2.49. The van der Waals surface area contributed by atoms with E-state index < -0.39 is 10.0 Å². The molecule has 3 aromatic carbocycles. The van der Waals surface area contributed by atoms with Gasteiger partial charge in [-0.25, -0.2) is 18.4 Å². The molecule has 5 rings (SSSR count). The van der Waals surface area contributed by atoms with Crippen LogP contribution in [0, 0.1) is 0 Å². The Morgan fingerprint density at radius 3 is 2.22 bits per heavy atom. The topological polar surface area (TPSA) is 78.4 Å². The molecule has 8 heteroatoms. The largest absolute Gasteiger partial charge is 0.340 e. The highest BCUT2D eigenvalue weighted by molar-refractivity contribution is 7.89. The predicted molar refractivity (Wildman–Crippen MR) is 144 cm³/mol. The summed E-state index contributed by atoms with van der Waals surface area (Å²) in [5.41, 5.74) is 2.97. The van der Waals surface area contributed by atoms with Crippen LogP contribution < -0.4 is 5.32 Å². The third-order valence-electron chi connectivity index (χ3n) is 6.82. The molecule has 1 N–H and O–H groups in total. The van der Waals surface area contributed by atoms with Crippen molar-refractivity contribution in [2.24, 2.45) is 0 Å². The van der Waals surface area contributed by atoms with E-state index in [2.05, 4.69) is 24.1 Å². The van der Waals surface area contributed by atoms with Crippen molar-refractivity contribution in [3.8, 4) is 0 Å². The second-order valence-electron chi connectivity index (χ2n) is 9.05. The normalized spacial score (nSPS) is 16.2. The molecule has 186 valence electrons. The summed E-state index contributed by atoms with van der Waals surface area (Å²) in [7, 11) is -3.51. The number of benzene rings is 3. The minimum Gasteiger partial charge on any atom is -0.340 e. The Hall–Kier alpha value is -3.33. The number of aryl methyl sites for hydroxylation is 1. The van der Waals surface area contributed by atoms with Crippen molar-refractivity contribution in [1.82, 2.24) is 19.2 Å². The Morgan fingerprint density at radius 1 is 0.861 bits per heavy atom. The maximum Gasteiger partial charge on any atom is 0.243 e. The van der Waals surface area contributed by atoms with Crippen LogP contribution in [0.2, 0.25) is 0 Å². The quantitative estimate of drug-likeness (QED) is 0.384. The molecule has 0 aliphatic carbocycles. The van der Waals surface area contributed by atoms with Crippen LogP contribution in [0.4, 0.5) is 11.5 Å². The Kier molecular flexibility index (Phi) is 7.00. The summed E-state index contributed by atoms with van der Waals surface area (Å²) in [6.45, 7) is 6.25. The maximum atomic E-state index is 13.2. The summed E-state index contributed by atoms with van der Waals surface area (Å²) in [5.74, 6) is 1.49. The first-order chi connectivity index (χ1) is 17.5. The van der Waals surface area contributed by atoms with Crippen molar-refractivity contribution in [2.75, 3.05) is 31.5 Å². The molecule has 0 spiro atoms. The average Bonchev–Trinajstić information content (AvgIpc) is 2.93. The molecule has 0 bridgehead atoms. The van der Waals surface area contributed by atoms with E-state index in [9.17, 15) is 8.42 Å². The molecule has 1 aliphatic heterocycles. The number of nitrogens with zero attached hydrogens (tertiary/aromatic N) is 4. The van der Waals surface area contributed by atoms with Crippen LogP contribution >= 0.6 is 0 Å². The van der Waals surface area contributed by atoms with E-state index in [0.717, 1.165) is 40.2 Å². The summed E-state index contributed by atoms with van der Waals surface area (Å²) in [4.78, 5) is 12.4. The fraction of sp³-hybridized carbons (Fsp3) is 0.286. The van der Waals surface area contributed by atoms with Gasteiger partial charge in [-0.3, -0.25) is 4.90 Å². The van der Waals surface area contributed by atoms with E-state index in [1.165, 1.54) is 0 Å². The first-order valence-corrected chi connectivity index (χ1v) is 13.8. The van der Waals surface area contributed by atoms with Crippen LogP contribution in [-0.4, -0.2) is 53.8 Å². The summed E-state index contributed by atoms with van der Waals surface area (Å²) in [6, 6.07) is 25.1. The van der Waals surface area contributed by atoms with E-state index in [0.29, 0.717) is 31.1 Å².